The average Bonchev–Trinajstić information content (AvgIpc) is 3.18. The molecule has 2 aliphatic rings. The summed E-state index contributed by atoms with van der Waals surface area (Å²) in [6, 6.07) is 12.1. The molecule has 29 heavy (non-hydrogen) atoms. The molecular formula is C21H22N6O2. The van der Waals surface area contributed by atoms with Gasteiger partial charge in [-0.1, -0.05) is 18.2 Å². The fraction of sp³-hybridized carbons (Fsp3) is 0.333. The Labute approximate surface area is 168 Å². The monoisotopic (exact) mass is 390 g/mol. The Kier molecular flexibility index (Phi) is 4.38. The summed E-state index contributed by atoms with van der Waals surface area (Å²) < 4.78 is 1.72. The first-order valence-corrected chi connectivity index (χ1v) is 9.87. The quantitative estimate of drug-likeness (QED) is 0.671. The summed E-state index contributed by atoms with van der Waals surface area (Å²) >= 11 is 0. The second-order valence-electron chi connectivity index (χ2n) is 7.51. The van der Waals surface area contributed by atoms with Crippen LogP contribution in [0.15, 0.2) is 55.0 Å². The molecule has 5 rings (SSSR count). The Morgan fingerprint density at radius 2 is 1.69 bits per heavy atom. The van der Waals surface area contributed by atoms with Crippen LogP contribution in [0.1, 0.15) is 10.5 Å². The van der Waals surface area contributed by atoms with Gasteiger partial charge in [-0.05, 0) is 18.2 Å². The lowest BCUT2D eigenvalue weighted by atomic mass is 9.97. The molecule has 2 fully saturated rings. The summed E-state index contributed by atoms with van der Waals surface area (Å²) in [6.45, 7) is 4.01. The Hall–Kier alpha value is -3.42. The molecule has 8 heteroatoms. The van der Waals surface area contributed by atoms with Crippen molar-refractivity contribution in [3.63, 3.8) is 0 Å². The minimum atomic E-state index is -0.145. The van der Waals surface area contributed by atoms with Gasteiger partial charge >= 0.3 is 0 Å². The van der Waals surface area contributed by atoms with Crippen LogP contribution in [0.3, 0.4) is 0 Å². The van der Waals surface area contributed by atoms with Crippen LogP contribution >= 0.6 is 0 Å². The predicted octanol–water partition coefficient (Wildman–Crippen LogP) is 1.15. The average molecular weight is 390 g/mol. The van der Waals surface area contributed by atoms with Crippen LogP contribution in [0.25, 0.3) is 5.78 Å². The van der Waals surface area contributed by atoms with Crippen LogP contribution in [-0.4, -0.2) is 75.3 Å². The smallest absolute Gasteiger partial charge is 0.274 e. The van der Waals surface area contributed by atoms with E-state index in [0.717, 1.165) is 26.2 Å². The molecular weight excluding hydrogens is 368 g/mol. The molecule has 4 heterocycles. The first-order chi connectivity index (χ1) is 14.2. The van der Waals surface area contributed by atoms with E-state index >= 15 is 0 Å². The third kappa shape index (κ3) is 3.30. The van der Waals surface area contributed by atoms with Gasteiger partial charge in [-0.2, -0.15) is 0 Å². The minimum absolute atomic E-state index is 0.114. The van der Waals surface area contributed by atoms with E-state index in [9.17, 15) is 9.59 Å². The van der Waals surface area contributed by atoms with E-state index in [1.165, 1.54) is 5.69 Å². The van der Waals surface area contributed by atoms with Crippen LogP contribution in [0, 0.1) is 5.92 Å². The summed E-state index contributed by atoms with van der Waals surface area (Å²) in [5.41, 5.74) is 1.56. The number of imidazole rings is 1. The SMILES string of the molecule is O=C(c1cn2cccnc2n1)N1CC(C(=O)N2CCN(c3ccccc3)CC2)C1. The van der Waals surface area contributed by atoms with Crippen molar-refractivity contribution in [2.45, 2.75) is 0 Å². The number of carbonyl (C=O) groups excluding carboxylic acids is 2. The zero-order chi connectivity index (χ0) is 19.8. The van der Waals surface area contributed by atoms with Gasteiger partial charge in [0.1, 0.15) is 5.69 Å². The molecule has 1 aromatic carbocycles. The van der Waals surface area contributed by atoms with E-state index in [1.807, 2.05) is 29.3 Å². The van der Waals surface area contributed by atoms with Crippen molar-refractivity contribution in [2.75, 3.05) is 44.2 Å². The lowest BCUT2D eigenvalue weighted by Gasteiger charge is -2.43. The van der Waals surface area contributed by atoms with Crippen LogP contribution < -0.4 is 4.90 Å². The third-order valence-electron chi connectivity index (χ3n) is 5.69. The number of fused-ring (bicyclic) bond motifs is 1. The number of anilines is 1. The number of amides is 2. The molecule has 0 spiro atoms. The summed E-state index contributed by atoms with van der Waals surface area (Å²) in [6.07, 6.45) is 5.14. The van der Waals surface area contributed by atoms with Gasteiger partial charge in [0, 0.05) is 63.5 Å². The number of likely N-dealkylation sites (tertiary alicyclic amines) is 1. The molecule has 2 aliphatic heterocycles. The molecule has 2 aromatic heterocycles. The van der Waals surface area contributed by atoms with E-state index in [4.69, 9.17) is 0 Å². The van der Waals surface area contributed by atoms with Gasteiger partial charge in [-0.15, -0.1) is 0 Å². The molecule has 0 radical (unpaired) electrons. The van der Waals surface area contributed by atoms with Crippen molar-refractivity contribution in [1.82, 2.24) is 24.2 Å². The Balaban J connectivity index is 1.15. The van der Waals surface area contributed by atoms with Crippen molar-refractivity contribution in [1.29, 1.82) is 0 Å². The number of para-hydroxylation sites is 1. The highest BCUT2D eigenvalue weighted by molar-refractivity contribution is 5.94. The summed E-state index contributed by atoms with van der Waals surface area (Å²) in [4.78, 5) is 39.8. The van der Waals surface area contributed by atoms with E-state index in [0.29, 0.717) is 24.6 Å². The highest BCUT2D eigenvalue weighted by Crippen LogP contribution is 2.22. The maximum Gasteiger partial charge on any atom is 0.274 e. The predicted molar refractivity (Wildman–Crippen MR) is 108 cm³/mol. The molecule has 0 bridgehead atoms. The number of hydrogen-bond acceptors (Lipinski definition) is 5. The largest absolute Gasteiger partial charge is 0.368 e. The number of nitrogens with zero attached hydrogens (tertiary/aromatic N) is 6. The number of aromatic nitrogens is 3. The lowest BCUT2D eigenvalue weighted by Crippen LogP contribution is -2.59. The Morgan fingerprint density at radius 1 is 0.931 bits per heavy atom. The summed E-state index contributed by atoms with van der Waals surface area (Å²) in [7, 11) is 0. The topological polar surface area (TPSA) is 74.0 Å². The van der Waals surface area contributed by atoms with E-state index in [-0.39, 0.29) is 17.7 Å². The van der Waals surface area contributed by atoms with E-state index in [1.54, 1.807) is 27.8 Å². The number of benzene rings is 1. The fourth-order valence-corrected chi connectivity index (χ4v) is 3.98. The van der Waals surface area contributed by atoms with Gasteiger partial charge in [0.2, 0.25) is 11.7 Å². The fourth-order valence-electron chi connectivity index (χ4n) is 3.98. The van der Waals surface area contributed by atoms with E-state index < -0.39 is 0 Å². The normalized spacial score (nSPS) is 17.4. The maximum atomic E-state index is 12.8. The second kappa shape index (κ2) is 7.20. The first kappa shape index (κ1) is 17.7. The van der Waals surface area contributed by atoms with Gasteiger partial charge in [0.05, 0.1) is 5.92 Å². The maximum absolute atomic E-state index is 12.8. The van der Waals surface area contributed by atoms with Crippen LogP contribution in [-0.2, 0) is 4.79 Å². The second-order valence-corrected chi connectivity index (χ2v) is 7.51. The first-order valence-electron chi connectivity index (χ1n) is 9.87. The molecule has 0 unspecified atom stereocenters. The van der Waals surface area contributed by atoms with Crippen molar-refractivity contribution in [3.05, 3.63) is 60.7 Å². The molecule has 148 valence electrons. The van der Waals surface area contributed by atoms with Gasteiger partial charge in [0.15, 0.2) is 0 Å². The molecule has 8 nitrogen and oxygen atoms in total. The summed E-state index contributed by atoms with van der Waals surface area (Å²) in [5, 5.41) is 0. The van der Waals surface area contributed by atoms with Gasteiger partial charge in [-0.25, -0.2) is 9.97 Å². The zero-order valence-electron chi connectivity index (χ0n) is 16.0. The number of rotatable bonds is 3. The highest BCUT2D eigenvalue weighted by Gasteiger charge is 2.39. The summed E-state index contributed by atoms with van der Waals surface area (Å²) in [5.74, 6) is 0.393. The zero-order valence-corrected chi connectivity index (χ0v) is 16.0. The van der Waals surface area contributed by atoms with Crippen molar-refractivity contribution in [2.24, 2.45) is 5.92 Å². The van der Waals surface area contributed by atoms with Gasteiger partial charge in [-0.3, -0.25) is 14.0 Å². The van der Waals surface area contributed by atoms with Crippen molar-refractivity contribution < 1.29 is 9.59 Å². The molecule has 0 aliphatic carbocycles. The Morgan fingerprint density at radius 3 is 2.41 bits per heavy atom. The third-order valence-corrected chi connectivity index (χ3v) is 5.69. The van der Waals surface area contributed by atoms with Crippen LogP contribution in [0.4, 0.5) is 5.69 Å². The molecule has 0 saturated carbocycles. The minimum Gasteiger partial charge on any atom is -0.368 e. The molecule has 0 atom stereocenters. The van der Waals surface area contributed by atoms with Gasteiger partial charge < -0.3 is 14.7 Å². The van der Waals surface area contributed by atoms with Crippen molar-refractivity contribution >= 4 is 23.3 Å². The van der Waals surface area contributed by atoms with E-state index in [2.05, 4.69) is 27.0 Å². The number of piperazine rings is 1. The molecule has 2 amide bonds. The van der Waals surface area contributed by atoms with Crippen LogP contribution in [0.2, 0.25) is 0 Å². The van der Waals surface area contributed by atoms with Crippen LogP contribution in [0.5, 0.6) is 0 Å². The number of hydrogen-bond donors (Lipinski definition) is 0. The standard InChI is InChI=1S/C21H22N6O2/c28-19(25-11-9-24(10-12-25)17-5-2-1-3-6-17)16-13-27(14-16)20(29)18-15-26-8-4-7-22-21(26)23-18/h1-8,15-16H,9-14H2. The van der Waals surface area contributed by atoms with Gasteiger partial charge in [0.25, 0.3) is 5.91 Å². The lowest BCUT2D eigenvalue weighted by molar-refractivity contribution is -0.140. The number of carbonyl (C=O) groups is 2. The van der Waals surface area contributed by atoms with Crippen molar-refractivity contribution in [3.8, 4) is 0 Å². The molecule has 3 aromatic rings. The highest BCUT2D eigenvalue weighted by atomic mass is 16.2. The molecule has 0 N–H and O–H groups in total. The molecule has 2 saturated heterocycles. The Bertz CT molecular complexity index is 1000.